The normalized spacial score (nSPS) is 16.2. The van der Waals surface area contributed by atoms with Crippen molar-refractivity contribution in [3.05, 3.63) is 0 Å². The minimum atomic E-state index is 0.362. The molecule has 0 spiro atoms. The summed E-state index contributed by atoms with van der Waals surface area (Å²) in [5, 5.41) is 3.52. The van der Waals surface area contributed by atoms with Gasteiger partial charge in [-0.1, -0.05) is 13.8 Å². The molecule has 18 heavy (non-hydrogen) atoms. The molecule has 0 atom stereocenters. The Balaban J connectivity index is 1.95. The van der Waals surface area contributed by atoms with Gasteiger partial charge in [-0.15, -0.1) is 0 Å². The highest BCUT2D eigenvalue weighted by Gasteiger charge is 2.28. The molecule has 0 aromatic heterocycles. The quantitative estimate of drug-likeness (QED) is 0.575. The maximum atomic E-state index is 5.52. The maximum Gasteiger partial charge on any atom is 0.0518 e. The van der Waals surface area contributed by atoms with Crippen LogP contribution in [-0.4, -0.2) is 49.8 Å². The Morgan fingerprint density at radius 3 is 2.44 bits per heavy atom. The van der Waals surface area contributed by atoms with Crippen molar-refractivity contribution in [3.63, 3.8) is 0 Å². The van der Waals surface area contributed by atoms with Gasteiger partial charge < -0.3 is 10.1 Å². The first-order valence-corrected chi connectivity index (χ1v) is 7.66. The largest absolute Gasteiger partial charge is 0.379 e. The molecule has 1 saturated carbocycles. The molecule has 0 unspecified atom stereocenters. The van der Waals surface area contributed by atoms with E-state index >= 15 is 0 Å². The Hall–Kier alpha value is -0.120. The summed E-state index contributed by atoms with van der Waals surface area (Å²) >= 11 is 0. The SMILES string of the molecule is CC(C)CN(CCNCCCOC(C)C)C1CC1. The van der Waals surface area contributed by atoms with Gasteiger partial charge in [-0.3, -0.25) is 4.90 Å². The third kappa shape index (κ3) is 8.06. The van der Waals surface area contributed by atoms with Gasteiger partial charge in [0.2, 0.25) is 0 Å². The molecule has 3 nitrogen and oxygen atoms in total. The van der Waals surface area contributed by atoms with Gasteiger partial charge in [0.1, 0.15) is 0 Å². The molecule has 0 saturated heterocycles. The van der Waals surface area contributed by atoms with Crippen molar-refractivity contribution >= 4 is 0 Å². The summed E-state index contributed by atoms with van der Waals surface area (Å²) < 4.78 is 5.52. The van der Waals surface area contributed by atoms with E-state index in [-0.39, 0.29) is 0 Å². The van der Waals surface area contributed by atoms with Gasteiger partial charge in [-0.05, 0) is 45.6 Å². The van der Waals surface area contributed by atoms with Crippen molar-refractivity contribution in [2.45, 2.75) is 59.1 Å². The third-order valence-corrected chi connectivity index (χ3v) is 3.19. The minimum Gasteiger partial charge on any atom is -0.379 e. The van der Waals surface area contributed by atoms with Crippen LogP contribution < -0.4 is 5.32 Å². The highest BCUT2D eigenvalue weighted by molar-refractivity contribution is 4.85. The first kappa shape index (κ1) is 15.9. The summed E-state index contributed by atoms with van der Waals surface area (Å²) in [6.07, 6.45) is 4.30. The summed E-state index contributed by atoms with van der Waals surface area (Å²) in [5.41, 5.74) is 0. The number of ether oxygens (including phenoxy) is 1. The number of nitrogens with zero attached hydrogens (tertiary/aromatic N) is 1. The molecule has 1 fully saturated rings. The van der Waals surface area contributed by atoms with Crippen molar-refractivity contribution in [1.82, 2.24) is 10.2 Å². The van der Waals surface area contributed by atoms with Crippen LogP contribution in [0.25, 0.3) is 0 Å². The van der Waals surface area contributed by atoms with Crippen LogP contribution in [0.3, 0.4) is 0 Å². The fourth-order valence-electron chi connectivity index (χ4n) is 2.20. The molecule has 0 aliphatic heterocycles. The first-order chi connectivity index (χ1) is 8.59. The fourth-order valence-corrected chi connectivity index (χ4v) is 2.20. The summed E-state index contributed by atoms with van der Waals surface area (Å²) in [7, 11) is 0. The predicted octanol–water partition coefficient (Wildman–Crippen LogP) is 2.51. The average Bonchev–Trinajstić information content (AvgIpc) is 3.09. The van der Waals surface area contributed by atoms with E-state index in [9.17, 15) is 0 Å². The summed E-state index contributed by atoms with van der Waals surface area (Å²) in [4.78, 5) is 2.66. The van der Waals surface area contributed by atoms with E-state index in [0.717, 1.165) is 38.1 Å². The molecule has 1 aliphatic rings. The molecule has 1 N–H and O–H groups in total. The molecule has 3 heteroatoms. The highest BCUT2D eigenvalue weighted by atomic mass is 16.5. The molecule has 0 bridgehead atoms. The second-order valence-corrected chi connectivity index (χ2v) is 6.14. The minimum absolute atomic E-state index is 0.362. The van der Waals surface area contributed by atoms with Gasteiger partial charge >= 0.3 is 0 Å². The Kier molecular flexibility index (Phi) is 7.87. The molecule has 1 rings (SSSR count). The van der Waals surface area contributed by atoms with Crippen LogP contribution in [0.15, 0.2) is 0 Å². The topological polar surface area (TPSA) is 24.5 Å². The van der Waals surface area contributed by atoms with Crippen LogP contribution in [0.2, 0.25) is 0 Å². The molecule has 0 amide bonds. The summed E-state index contributed by atoms with van der Waals surface area (Å²) in [6, 6.07) is 0.887. The third-order valence-electron chi connectivity index (χ3n) is 3.19. The van der Waals surface area contributed by atoms with Gasteiger partial charge in [-0.2, -0.15) is 0 Å². The lowest BCUT2D eigenvalue weighted by Crippen LogP contribution is -2.36. The predicted molar refractivity (Wildman–Crippen MR) is 78.0 cm³/mol. The molecular weight excluding hydrogens is 224 g/mol. The van der Waals surface area contributed by atoms with Crippen molar-refractivity contribution in [1.29, 1.82) is 0 Å². The van der Waals surface area contributed by atoms with Crippen LogP contribution in [0, 0.1) is 5.92 Å². The smallest absolute Gasteiger partial charge is 0.0518 e. The number of hydrogen-bond donors (Lipinski definition) is 1. The molecule has 108 valence electrons. The Morgan fingerprint density at radius 1 is 1.17 bits per heavy atom. The van der Waals surface area contributed by atoms with E-state index < -0.39 is 0 Å². The van der Waals surface area contributed by atoms with Gasteiger partial charge in [0.25, 0.3) is 0 Å². The average molecular weight is 256 g/mol. The van der Waals surface area contributed by atoms with E-state index in [1.54, 1.807) is 0 Å². The van der Waals surface area contributed by atoms with Gasteiger partial charge in [0, 0.05) is 32.3 Å². The monoisotopic (exact) mass is 256 g/mol. The van der Waals surface area contributed by atoms with Crippen molar-refractivity contribution in [3.8, 4) is 0 Å². The standard InChI is InChI=1S/C15H32N2O/c1-13(2)12-17(15-6-7-15)10-9-16-8-5-11-18-14(3)4/h13-16H,5-12H2,1-4H3. The van der Waals surface area contributed by atoms with Crippen LogP contribution in [0.4, 0.5) is 0 Å². The summed E-state index contributed by atoms with van der Waals surface area (Å²) in [5.74, 6) is 0.782. The van der Waals surface area contributed by atoms with Gasteiger partial charge in [0.05, 0.1) is 6.10 Å². The van der Waals surface area contributed by atoms with Crippen LogP contribution in [0.5, 0.6) is 0 Å². The lowest BCUT2D eigenvalue weighted by Gasteiger charge is -2.24. The number of hydrogen-bond acceptors (Lipinski definition) is 3. The van der Waals surface area contributed by atoms with Crippen LogP contribution >= 0.6 is 0 Å². The highest BCUT2D eigenvalue weighted by Crippen LogP contribution is 2.26. The zero-order chi connectivity index (χ0) is 13.4. The lowest BCUT2D eigenvalue weighted by atomic mass is 10.2. The Bertz CT molecular complexity index is 203. The molecule has 0 aromatic rings. The fraction of sp³-hybridized carbons (Fsp3) is 1.00. The molecular formula is C15H32N2O. The van der Waals surface area contributed by atoms with Gasteiger partial charge in [0.15, 0.2) is 0 Å². The van der Waals surface area contributed by atoms with Crippen molar-refractivity contribution in [2.24, 2.45) is 5.92 Å². The zero-order valence-corrected chi connectivity index (χ0v) is 12.7. The Morgan fingerprint density at radius 2 is 1.89 bits per heavy atom. The second kappa shape index (κ2) is 8.89. The molecule has 0 aromatic carbocycles. The number of rotatable bonds is 11. The lowest BCUT2D eigenvalue weighted by molar-refractivity contribution is 0.0770. The second-order valence-electron chi connectivity index (χ2n) is 6.14. The first-order valence-electron chi connectivity index (χ1n) is 7.66. The van der Waals surface area contributed by atoms with E-state index in [2.05, 4.69) is 37.9 Å². The molecule has 1 aliphatic carbocycles. The van der Waals surface area contributed by atoms with Crippen molar-refractivity contribution < 1.29 is 4.74 Å². The number of nitrogens with one attached hydrogen (secondary N) is 1. The van der Waals surface area contributed by atoms with Crippen LogP contribution in [0.1, 0.15) is 47.0 Å². The summed E-state index contributed by atoms with van der Waals surface area (Å²) in [6.45, 7) is 14.3. The zero-order valence-electron chi connectivity index (χ0n) is 12.7. The van der Waals surface area contributed by atoms with Gasteiger partial charge in [-0.25, -0.2) is 0 Å². The van der Waals surface area contributed by atoms with Crippen molar-refractivity contribution in [2.75, 3.05) is 32.8 Å². The van der Waals surface area contributed by atoms with E-state index in [1.807, 2.05) is 0 Å². The van der Waals surface area contributed by atoms with E-state index in [1.165, 1.54) is 25.9 Å². The van der Waals surface area contributed by atoms with Crippen LogP contribution in [-0.2, 0) is 4.74 Å². The Labute approximate surface area is 113 Å². The van der Waals surface area contributed by atoms with E-state index in [4.69, 9.17) is 4.74 Å². The molecule has 0 radical (unpaired) electrons. The van der Waals surface area contributed by atoms with E-state index in [0.29, 0.717) is 6.10 Å². The molecule has 0 heterocycles. The maximum absolute atomic E-state index is 5.52.